The van der Waals surface area contributed by atoms with E-state index in [1.165, 1.54) is 6.92 Å². The molecule has 0 aliphatic rings. The van der Waals surface area contributed by atoms with Crippen LogP contribution in [0.5, 0.6) is 5.75 Å². The number of hydrogen-bond donors (Lipinski definition) is 3. The van der Waals surface area contributed by atoms with Gasteiger partial charge in [-0.3, -0.25) is 0 Å². The number of para-hydroxylation sites is 1. The van der Waals surface area contributed by atoms with Crippen LogP contribution in [0.25, 0.3) is 0 Å². The van der Waals surface area contributed by atoms with Crippen LogP contribution in [0.4, 0.5) is 0 Å². The number of aliphatic hydroxyl groups is 2. The maximum absolute atomic E-state index is 9.87. The van der Waals surface area contributed by atoms with Crippen molar-refractivity contribution in [1.82, 2.24) is 0 Å². The first-order chi connectivity index (χ1) is 12.6. The number of carboxylic acids is 1. The van der Waals surface area contributed by atoms with Crippen LogP contribution in [-0.2, 0) is 19.7 Å². The second kappa shape index (κ2) is 13.3. The molecule has 154 valence electrons. The highest BCUT2D eigenvalue weighted by molar-refractivity contribution is 5.84. The van der Waals surface area contributed by atoms with E-state index in [1.807, 2.05) is 24.3 Å². The average molecular weight is 384 g/mol. The summed E-state index contributed by atoms with van der Waals surface area (Å²) in [7, 11) is 0. The number of carboxylic acid groups (broad SMARTS) is 1. The summed E-state index contributed by atoms with van der Waals surface area (Å²) in [5.41, 5.74) is 1.15. The molecule has 0 saturated carbocycles. The van der Waals surface area contributed by atoms with Gasteiger partial charge in [0.05, 0.1) is 26.4 Å². The van der Waals surface area contributed by atoms with Crippen molar-refractivity contribution in [3.05, 3.63) is 42.0 Å². The van der Waals surface area contributed by atoms with E-state index in [0.29, 0.717) is 25.6 Å². The molecule has 1 aromatic rings. The Hall–Kier alpha value is -1.93. The van der Waals surface area contributed by atoms with E-state index < -0.39 is 12.3 Å². The standard InChI is InChI=1S/C16H26O5.C4H6O2/c1-16(2,3)13-6-4-5-7-14(13)21-15(18)12-20-11-10-19-9-8-17;1-3(2)4(5)6/h4-7,15,17-18H,8-12H2,1-3H3;1H2,2H3,(H,5,6). The summed E-state index contributed by atoms with van der Waals surface area (Å²) in [4.78, 5) is 9.60. The Kier molecular flexibility index (Phi) is 12.3. The van der Waals surface area contributed by atoms with E-state index in [9.17, 15) is 9.90 Å². The lowest BCUT2D eigenvalue weighted by atomic mass is 9.86. The van der Waals surface area contributed by atoms with Gasteiger partial charge in [0.1, 0.15) is 12.4 Å². The van der Waals surface area contributed by atoms with Crippen molar-refractivity contribution >= 4 is 5.97 Å². The van der Waals surface area contributed by atoms with Crippen LogP contribution in [0.15, 0.2) is 36.4 Å². The van der Waals surface area contributed by atoms with E-state index in [2.05, 4.69) is 27.4 Å². The summed E-state index contributed by atoms with van der Waals surface area (Å²) in [6.45, 7) is 12.0. The highest BCUT2D eigenvalue weighted by atomic mass is 16.6. The number of ether oxygens (including phenoxy) is 3. The Bertz CT molecular complexity index is 552. The molecule has 0 saturated heterocycles. The molecule has 1 unspecified atom stereocenters. The largest absolute Gasteiger partial charge is 0.478 e. The lowest BCUT2D eigenvalue weighted by Crippen LogP contribution is -2.25. The van der Waals surface area contributed by atoms with Crippen molar-refractivity contribution in [3.8, 4) is 5.75 Å². The van der Waals surface area contributed by atoms with Crippen LogP contribution >= 0.6 is 0 Å². The maximum Gasteiger partial charge on any atom is 0.330 e. The van der Waals surface area contributed by atoms with E-state index in [4.69, 9.17) is 24.4 Å². The van der Waals surface area contributed by atoms with Crippen molar-refractivity contribution in [1.29, 1.82) is 0 Å². The zero-order valence-electron chi connectivity index (χ0n) is 16.6. The molecule has 0 fully saturated rings. The number of hydrogen-bond acceptors (Lipinski definition) is 6. The predicted molar refractivity (Wildman–Crippen MR) is 103 cm³/mol. The molecule has 0 amide bonds. The van der Waals surface area contributed by atoms with Gasteiger partial charge < -0.3 is 29.5 Å². The minimum Gasteiger partial charge on any atom is -0.478 e. The summed E-state index contributed by atoms with van der Waals surface area (Å²) in [5.74, 6) is -0.271. The molecule has 0 aliphatic carbocycles. The smallest absolute Gasteiger partial charge is 0.330 e. The number of rotatable bonds is 10. The van der Waals surface area contributed by atoms with Crippen LogP contribution < -0.4 is 4.74 Å². The molecule has 27 heavy (non-hydrogen) atoms. The van der Waals surface area contributed by atoms with Gasteiger partial charge in [-0.1, -0.05) is 45.5 Å². The number of aliphatic hydroxyl groups excluding tert-OH is 2. The second-order valence-corrected chi connectivity index (χ2v) is 6.82. The maximum atomic E-state index is 9.87. The summed E-state index contributed by atoms with van der Waals surface area (Å²) in [6.07, 6.45) is -1.02. The SMILES string of the molecule is C=C(C)C(=O)O.CC(C)(C)c1ccccc1OC(O)COCCOCCO. The quantitative estimate of drug-likeness (QED) is 0.323. The van der Waals surface area contributed by atoms with Gasteiger partial charge >= 0.3 is 5.97 Å². The Morgan fingerprint density at radius 2 is 1.70 bits per heavy atom. The van der Waals surface area contributed by atoms with Gasteiger partial charge in [-0.15, -0.1) is 0 Å². The first kappa shape index (κ1) is 25.1. The first-order valence-electron chi connectivity index (χ1n) is 8.69. The summed E-state index contributed by atoms with van der Waals surface area (Å²) >= 11 is 0. The monoisotopic (exact) mass is 384 g/mol. The topological polar surface area (TPSA) is 105 Å². The van der Waals surface area contributed by atoms with Crippen molar-refractivity contribution in [2.45, 2.75) is 39.4 Å². The van der Waals surface area contributed by atoms with Crippen LogP contribution in [-0.4, -0.2) is 60.6 Å². The van der Waals surface area contributed by atoms with Gasteiger partial charge in [0.25, 0.3) is 0 Å². The van der Waals surface area contributed by atoms with Gasteiger partial charge in [-0.05, 0) is 24.0 Å². The molecule has 0 heterocycles. The Labute approximate surface area is 161 Å². The minimum atomic E-state index is -1.02. The van der Waals surface area contributed by atoms with Crippen molar-refractivity contribution < 1.29 is 34.3 Å². The average Bonchev–Trinajstić information content (AvgIpc) is 2.58. The molecule has 0 radical (unpaired) electrons. The van der Waals surface area contributed by atoms with E-state index >= 15 is 0 Å². The number of carbonyl (C=O) groups is 1. The third-order valence-electron chi connectivity index (χ3n) is 3.19. The van der Waals surface area contributed by atoms with Gasteiger partial charge in [0.2, 0.25) is 6.29 Å². The Morgan fingerprint density at radius 3 is 2.22 bits per heavy atom. The molecule has 1 aromatic carbocycles. The molecule has 0 aliphatic heterocycles. The zero-order chi connectivity index (χ0) is 20.9. The lowest BCUT2D eigenvalue weighted by molar-refractivity contribution is -0.132. The molecule has 0 spiro atoms. The number of benzene rings is 1. The zero-order valence-corrected chi connectivity index (χ0v) is 16.6. The molecule has 1 atom stereocenters. The van der Waals surface area contributed by atoms with Gasteiger partial charge in [0, 0.05) is 5.57 Å². The third-order valence-corrected chi connectivity index (χ3v) is 3.19. The molecule has 0 aromatic heterocycles. The first-order valence-corrected chi connectivity index (χ1v) is 8.69. The molecular weight excluding hydrogens is 352 g/mol. The van der Waals surface area contributed by atoms with Crippen LogP contribution in [0.1, 0.15) is 33.3 Å². The molecule has 7 heteroatoms. The molecule has 1 rings (SSSR count). The van der Waals surface area contributed by atoms with Gasteiger partial charge in [0.15, 0.2) is 0 Å². The third kappa shape index (κ3) is 12.1. The van der Waals surface area contributed by atoms with Crippen LogP contribution in [0.2, 0.25) is 0 Å². The van der Waals surface area contributed by atoms with Crippen LogP contribution in [0, 0.1) is 0 Å². The summed E-state index contributed by atoms with van der Waals surface area (Å²) < 4.78 is 15.9. The second-order valence-electron chi connectivity index (χ2n) is 6.82. The fraction of sp³-hybridized carbons (Fsp3) is 0.550. The van der Waals surface area contributed by atoms with Crippen molar-refractivity contribution in [2.24, 2.45) is 0 Å². The molecule has 0 bridgehead atoms. The predicted octanol–water partition coefficient (Wildman–Crippen LogP) is 2.35. The van der Waals surface area contributed by atoms with Gasteiger partial charge in [-0.2, -0.15) is 0 Å². The van der Waals surface area contributed by atoms with E-state index in [-0.39, 0.29) is 24.2 Å². The Balaban J connectivity index is 0.000000972. The van der Waals surface area contributed by atoms with E-state index in [0.717, 1.165) is 5.56 Å². The lowest BCUT2D eigenvalue weighted by Gasteiger charge is -2.24. The highest BCUT2D eigenvalue weighted by Crippen LogP contribution is 2.31. The number of aliphatic carboxylic acids is 1. The molecular formula is C20H32O7. The summed E-state index contributed by atoms with van der Waals surface area (Å²) in [6, 6.07) is 7.66. The van der Waals surface area contributed by atoms with Crippen molar-refractivity contribution in [3.63, 3.8) is 0 Å². The van der Waals surface area contributed by atoms with Crippen molar-refractivity contribution in [2.75, 3.05) is 33.0 Å². The van der Waals surface area contributed by atoms with Gasteiger partial charge in [-0.25, -0.2) is 4.79 Å². The Morgan fingerprint density at radius 1 is 1.15 bits per heavy atom. The molecule has 7 nitrogen and oxygen atoms in total. The fourth-order valence-corrected chi connectivity index (χ4v) is 1.84. The van der Waals surface area contributed by atoms with E-state index in [1.54, 1.807) is 0 Å². The normalized spacial score (nSPS) is 11.9. The summed E-state index contributed by atoms with van der Waals surface area (Å²) in [5, 5.41) is 26.3. The molecule has 3 N–H and O–H groups in total. The highest BCUT2D eigenvalue weighted by Gasteiger charge is 2.19. The minimum absolute atomic E-state index is 0.00464. The van der Waals surface area contributed by atoms with Crippen LogP contribution in [0.3, 0.4) is 0 Å². The fourth-order valence-electron chi connectivity index (χ4n) is 1.84.